The van der Waals surface area contributed by atoms with E-state index in [-0.39, 0.29) is 11.8 Å². The Hall–Kier alpha value is -2.04. The highest BCUT2D eigenvalue weighted by Gasteiger charge is 2.37. The molecule has 2 atom stereocenters. The molecule has 112 valence electrons. The maximum absolute atomic E-state index is 12.8. The molecule has 2 heterocycles. The number of fused-ring (bicyclic) bond motifs is 1. The quantitative estimate of drug-likeness (QED) is 0.904. The van der Waals surface area contributed by atoms with Crippen molar-refractivity contribution in [3.8, 4) is 5.75 Å². The van der Waals surface area contributed by atoms with Crippen LogP contribution in [0, 0.1) is 0 Å². The first-order valence-electron chi connectivity index (χ1n) is 7.43. The summed E-state index contributed by atoms with van der Waals surface area (Å²) in [7, 11) is 0. The molecule has 1 unspecified atom stereocenters. The minimum atomic E-state index is -0.900. The van der Waals surface area contributed by atoms with Crippen LogP contribution in [0.25, 0.3) is 0 Å². The van der Waals surface area contributed by atoms with Crippen LogP contribution in [-0.4, -0.2) is 41.1 Å². The van der Waals surface area contributed by atoms with E-state index in [9.17, 15) is 14.7 Å². The van der Waals surface area contributed by atoms with Gasteiger partial charge in [-0.25, -0.2) is 4.79 Å². The van der Waals surface area contributed by atoms with Crippen LogP contribution < -0.4 is 4.74 Å². The van der Waals surface area contributed by atoms with Gasteiger partial charge in [-0.15, -0.1) is 0 Å². The number of carbonyl (C=O) groups is 2. The number of benzene rings is 1. The topological polar surface area (TPSA) is 66.8 Å². The molecule has 1 aromatic rings. The molecule has 1 saturated heterocycles. The zero-order valence-electron chi connectivity index (χ0n) is 11.8. The highest BCUT2D eigenvalue weighted by Crippen LogP contribution is 2.35. The van der Waals surface area contributed by atoms with Crippen LogP contribution in [0.5, 0.6) is 5.75 Å². The minimum Gasteiger partial charge on any atom is -0.493 e. The van der Waals surface area contributed by atoms with Crippen molar-refractivity contribution >= 4 is 11.9 Å². The van der Waals surface area contributed by atoms with Gasteiger partial charge in [-0.05, 0) is 31.7 Å². The van der Waals surface area contributed by atoms with E-state index >= 15 is 0 Å². The second-order valence-electron chi connectivity index (χ2n) is 5.61. The first-order valence-corrected chi connectivity index (χ1v) is 7.43. The lowest BCUT2D eigenvalue weighted by atomic mass is 9.90. The van der Waals surface area contributed by atoms with Crippen LogP contribution in [0.15, 0.2) is 24.3 Å². The second kappa shape index (κ2) is 5.76. The molecule has 0 aromatic heterocycles. The van der Waals surface area contributed by atoms with Crippen LogP contribution in [0.3, 0.4) is 0 Å². The third-order valence-corrected chi connectivity index (χ3v) is 4.33. The van der Waals surface area contributed by atoms with Crippen molar-refractivity contribution in [3.05, 3.63) is 29.8 Å². The fraction of sp³-hybridized carbons (Fsp3) is 0.500. The van der Waals surface area contributed by atoms with Gasteiger partial charge in [0.05, 0.1) is 12.5 Å². The van der Waals surface area contributed by atoms with Crippen molar-refractivity contribution in [2.24, 2.45) is 0 Å². The number of rotatable bonds is 2. The van der Waals surface area contributed by atoms with Gasteiger partial charge in [0.15, 0.2) is 0 Å². The molecular weight excluding hydrogens is 270 g/mol. The smallest absolute Gasteiger partial charge is 0.326 e. The molecule has 0 saturated carbocycles. The van der Waals surface area contributed by atoms with E-state index in [4.69, 9.17) is 4.74 Å². The maximum atomic E-state index is 12.8. The maximum Gasteiger partial charge on any atom is 0.326 e. The van der Waals surface area contributed by atoms with Gasteiger partial charge in [-0.2, -0.15) is 0 Å². The zero-order chi connectivity index (χ0) is 14.8. The minimum absolute atomic E-state index is 0.0714. The number of hydrogen-bond donors (Lipinski definition) is 1. The van der Waals surface area contributed by atoms with Crippen molar-refractivity contribution < 1.29 is 19.4 Å². The van der Waals surface area contributed by atoms with E-state index in [2.05, 4.69) is 0 Å². The Balaban J connectivity index is 1.86. The van der Waals surface area contributed by atoms with E-state index in [0.29, 0.717) is 26.0 Å². The predicted octanol–water partition coefficient (Wildman–Crippen LogP) is 2.02. The largest absolute Gasteiger partial charge is 0.493 e. The molecule has 0 radical (unpaired) electrons. The first kappa shape index (κ1) is 13.9. The van der Waals surface area contributed by atoms with Crippen LogP contribution in [0.4, 0.5) is 0 Å². The average Bonchev–Trinajstić information content (AvgIpc) is 2.53. The SMILES string of the molecule is O=C(O)[C@@H]1CCCCN1C(=O)C1CCOc2ccccc21. The van der Waals surface area contributed by atoms with Crippen molar-refractivity contribution in [2.45, 2.75) is 37.6 Å². The van der Waals surface area contributed by atoms with Crippen LogP contribution in [0.2, 0.25) is 0 Å². The summed E-state index contributed by atoms with van der Waals surface area (Å²) in [4.78, 5) is 25.8. The number of likely N-dealkylation sites (tertiary alicyclic amines) is 1. The molecule has 5 nitrogen and oxygen atoms in total. The normalized spacial score (nSPS) is 24.9. The number of amides is 1. The zero-order valence-corrected chi connectivity index (χ0v) is 11.8. The Bertz CT molecular complexity index is 557. The van der Waals surface area contributed by atoms with Crippen molar-refractivity contribution in [3.63, 3.8) is 0 Å². The summed E-state index contributed by atoms with van der Waals surface area (Å²) in [6, 6.07) is 6.85. The number of carboxylic acids is 1. The van der Waals surface area contributed by atoms with Crippen LogP contribution >= 0.6 is 0 Å². The Morgan fingerprint density at radius 3 is 2.81 bits per heavy atom. The van der Waals surface area contributed by atoms with Gasteiger partial charge in [0.1, 0.15) is 11.8 Å². The predicted molar refractivity (Wildman–Crippen MR) is 76.3 cm³/mol. The van der Waals surface area contributed by atoms with Crippen LogP contribution in [0.1, 0.15) is 37.2 Å². The van der Waals surface area contributed by atoms with Gasteiger partial charge in [-0.1, -0.05) is 18.2 Å². The van der Waals surface area contributed by atoms with E-state index in [1.165, 1.54) is 0 Å². The Morgan fingerprint density at radius 1 is 1.19 bits per heavy atom. The summed E-state index contributed by atoms with van der Waals surface area (Å²) >= 11 is 0. The molecule has 1 fully saturated rings. The summed E-state index contributed by atoms with van der Waals surface area (Å²) in [5, 5.41) is 9.33. The van der Waals surface area contributed by atoms with Gasteiger partial charge in [0, 0.05) is 12.1 Å². The van der Waals surface area contributed by atoms with Crippen molar-refractivity contribution in [1.82, 2.24) is 4.90 Å². The summed E-state index contributed by atoms with van der Waals surface area (Å²) in [6.07, 6.45) is 2.90. The van der Waals surface area contributed by atoms with Gasteiger partial charge in [-0.3, -0.25) is 4.79 Å². The van der Waals surface area contributed by atoms with Gasteiger partial charge in [0.2, 0.25) is 5.91 Å². The second-order valence-corrected chi connectivity index (χ2v) is 5.61. The molecular formula is C16H19NO4. The van der Waals surface area contributed by atoms with E-state index in [1.54, 1.807) is 4.90 Å². The number of nitrogens with zero attached hydrogens (tertiary/aromatic N) is 1. The average molecular weight is 289 g/mol. The lowest BCUT2D eigenvalue weighted by Crippen LogP contribution is -2.50. The molecule has 1 N–H and O–H groups in total. The molecule has 5 heteroatoms. The highest BCUT2D eigenvalue weighted by atomic mass is 16.5. The van der Waals surface area contributed by atoms with Crippen molar-refractivity contribution in [1.29, 1.82) is 0 Å². The Kier molecular flexibility index (Phi) is 3.82. The third kappa shape index (κ3) is 2.60. The molecule has 1 aromatic carbocycles. The molecule has 21 heavy (non-hydrogen) atoms. The molecule has 0 aliphatic carbocycles. The number of ether oxygens (including phenoxy) is 1. The lowest BCUT2D eigenvalue weighted by molar-refractivity contribution is -0.153. The summed E-state index contributed by atoms with van der Waals surface area (Å²) in [6.45, 7) is 1.04. The van der Waals surface area contributed by atoms with E-state index < -0.39 is 12.0 Å². The van der Waals surface area contributed by atoms with Gasteiger partial charge >= 0.3 is 5.97 Å². The van der Waals surface area contributed by atoms with Gasteiger partial charge < -0.3 is 14.7 Å². The standard InChI is InChI=1S/C16H19NO4/c18-15(17-9-4-3-6-13(17)16(19)20)12-8-10-21-14-7-2-1-5-11(12)14/h1-2,5,7,12-13H,3-4,6,8-10H2,(H,19,20)/t12?,13-/m0/s1. The van der Waals surface area contributed by atoms with Crippen LogP contribution in [-0.2, 0) is 9.59 Å². The number of carbonyl (C=O) groups excluding carboxylic acids is 1. The van der Waals surface area contributed by atoms with Gasteiger partial charge in [0.25, 0.3) is 0 Å². The number of para-hydroxylation sites is 1. The fourth-order valence-electron chi connectivity index (χ4n) is 3.25. The summed E-state index contributed by atoms with van der Waals surface area (Å²) < 4.78 is 5.58. The summed E-state index contributed by atoms with van der Waals surface area (Å²) in [5.41, 5.74) is 0.878. The molecule has 1 amide bonds. The third-order valence-electron chi connectivity index (χ3n) is 4.33. The molecule has 0 bridgehead atoms. The van der Waals surface area contributed by atoms with Crippen molar-refractivity contribution in [2.75, 3.05) is 13.2 Å². The first-order chi connectivity index (χ1) is 10.2. The van der Waals surface area contributed by atoms with E-state index in [0.717, 1.165) is 24.2 Å². The summed E-state index contributed by atoms with van der Waals surface area (Å²) in [5.74, 6) is -0.512. The molecule has 3 rings (SSSR count). The molecule has 0 spiro atoms. The number of carboxylic acid groups (broad SMARTS) is 1. The Labute approximate surface area is 123 Å². The highest BCUT2D eigenvalue weighted by molar-refractivity contribution is 5.89. The fourth-order valence-corrected chi connectivity index (χ4v) is 3.25. The molecule has 2 aliphatic rings. The number of piperidine rings is 1. The number of aliphatic carboxylic acids is 1. The molecule has 2 aliphatic heterocycles. The lowest BCUT2D eigenvalue weighted by Gasteiger charge is -2.36. The van der Waals surface area contributed by atoms with E-state index in [1.807, 2.05) is 24.3 Å². The Morgan fingerprint density at radius 2 is 2.00 bits per heavy atom. The monoisotopic (exact) mass is 289 g/mol. The number of hydrogen-bond acceptors (Lipinski definition) is 3.